The van der Waals surface area contributed by atoms with Crippen molar-refractivity contribution < 1.29 is 9.47 Å². The average Bonchev–Trinajstić information content (AvgIpc) is 2.81. The summed E-state index contributed by atoms with van der Waals surface area (Å²) in [5, 5.41) is 3.51. The zero-order valence-corrected chi connectivity index (χ0v) is 11.3. The van der Waals surface area contributed by atoms with Gasteiger partial charge in [0.05, 0.1) is 19.9 Å². The molecule has 5 nitrogen and oxygen atoms in total. The zero-order chi connectivity index (χ0) is 13.0. The molecule has 0 saturated carbocycles. The van der Waals surface area contributed by atoms with Crippen LogP contribution in [-0.2, 0) is 6.54 Å². The second kappa shape index (κ2) is 6.02. The molecule has 18 heavy (non-hydrogen) atoms. The van der Waals surface area contributed by atoms with E-state index < -0.39 is 0 Å². The Kier molecular flexibility index (Phi) is 4.38. The summed E-state index contributed by atoms with van der Waals surface area (Å²) >= 11 is 0. The molecule has 0 aromatic carbocycles. The lowest BCUT2D eigenvalue weighted by atomic mass is 10.2. The normalized spacial score (nSPS) is 20.1. The van der Waals surface area contributed by atoms with Crippen LogP contribution in [0, 0.1) is 0 Å². The predicted octanol–water partition coefficient (Wildman–Crippen LogP) is 0.892. The Morgan fingerprint density at radius 1 is 1.44 bits per heavy atom. The van der Waals surface area contributed by atoms with Gasteiger partial charge in [-0.15, -0.1) is 0 Å². The molecule has 2 heterocycles. The molecule has 1 saturated heterocycles. The molecule has 0 aliphatic carbocycles. The van der Waals surface area contributed by atoms with Gasteiger partial charge in [-0.3, -0.25) is 4.98 Å². The largest absolute Gasteiger partial charge is 0.493 e. The fourth-order valence-electron chi connectivity index (χ4n) is 2.32. The van der Waals surface area contributed by atoms with Crippen LogP contribution in [0.15, 0.2) is 12.3 Å². The van der Waals surface area contributed by atoms with Gasteiger partial charge in [0, 0.05) is 31.4 Å². The molecule has 1 aromatic rings. The van der Waals surface area contributed by atoms with Gasteiger partial charge in [-0.2, -0.15) is 0 Å². The van der Waals surface area contributed by atoms with E-state index in [1.54, 1.807) is 20.4 Å². The molecule has 1 atom stereocenters. The summed E-state index contributed by atoms with van der Waals surface area (Å²) in [6.07, 6.45) is 2.93. The van der Waals surface area contributed by atoms with Crippen molar-refractivity contribution in [2.24, 2.45) is 0 Å². The van der Waals surface area contributed by atoms with Gasteiger partial charge in [-0.25, -0.2) is 0 Å². The van der Waals surface area contributed by atoms with E-state index >= 15 is 0 Å². The van der Waals surface area contributed by atoms with E-state index in [0.717, 1.165) is 30.3 Å². The van der Waals surface area contributed by atoms with Crippen LogP contribution in [0.5, 0.6) is 11.5 Å². The number of rotatable bonds is 5. The molecule has 0 radical (unpaired) electrons. The Bertz CT molecular complexity index is 398. The van der Waals surface area contributed by atoms with Crippen molar-refractivity contribution in [3.8, 4) is 11.5 Å². The van der Waals surface area contributed by atoms with Gasteiger partial charge < -0.3 is 19.7 Å². The van der Waals surface area contributed by atoms with Crippen molar-refractivity contribution in [2.45, 2.75) is 19.0 Å². The number of hydrogen-bond donors (Lipinski definition) is 1. The molecule has 1 N–H and O–H groups in total. The standard InChI is InChI=1S/C13H21N3O2/c1-16-7-5-10(9-16)15-8-11-13(18-3)12(17-2)4-6-14-11/h4,6,10,15H,5,7-9H2,1-3H3. The van der Waals surface area contributed by atoms with Gasteiger partial charge in [0.2, 0.25) is 0 Å². The Morgan fingerprint density at radius 2 is 2.28 bits per heavy atom. The minimum Gasteiger partial charge on any atom is -0.493 e. The SMILES string of the molecule is COc1ccnc(CNC2CCN(C)C2)c1OC. The van der Waals surface area contributed by atoms with E-state index in [9.17, 15) is 0 Å². The van der Waals surface area contributed by atoms with Gasteiger partial charge in [0.1, 0.15) is 0 Å². The fraction of sp³-hybridized carbons (Fsp3) is 0.615. The minimum absolute atomic E-state index is 0.535. The highest BCUT2D eigenvalue weighted by atomic mass is 16.5. The third-order valence-electron chi connectivity index (χ3n) is 3.32. The van der Waals surface area contributed by atoms with Crippen molar-refractivity contribution in [2.75, 3.05) is 34.4 Å². The van der Waals surface area contributed by atoms with Crippen LogP contribution < -0.4 is 14.8 Å². The van der Waals surface area contributed by atoms with Crippen LogP contribution in [0.1, 0.15) is 12.1 Å². The fourth-order valence-corrected chi connectivity index (χ4v) is 2.32. The third kappa shape index (κ3) is 2.91. The smallest absolute Gasteiger partial charge is 0.183 e. The zero-order valence-electron chi connectivity index (χ0n) is 11.3. The number of ether oxygens (including phenoxy) is 2. The number of aromatic nitrogens is 1. The van der Waals surface area contributed by atoms with Crippen molar-refractivity contribution in [3.05, 3.63) is 18.0 Å². The van der Waals surface area contributed by atoms with E-state index in [0.29, 0.717) is 12.6 Å². The van der Waals surface area contributed by atoms with Crippen LogP contribution in [0.4, 0.5) is 0 Å². The number of nitrogens with one attached hydrogen (secondary N) is 1. The lowest BCUT2D eigenvalue weighted by molar-refractivity contribution is 0.346. The predicted molar refractivity (Wildman–Crippen MR) is 70.1 cm³/mol. The van der Waals surface area contributed by atoms with Crippen molar-refractivity contribution in [3.63, 3.8) is 0 Å². The lowest BCUT2D eigenvalue weighted by Crippen LogP contribution is -2.31. The topological polar surface area (TPSA) is 46.6 Å². The monoisotopic (exact) mass is 251 g/mol. The molecule has 0 bridgehead atoms. The first kappa shape index (κ1) is 13.1. The molecule has 0 spiro atoms. The highest BCUT2D eigenvalue weighted by Crippen LogP contribution is 2.28. The van der Waals surface area contributed by atoms with Gasteiger partial charge in [0.25, 0.3) is 0 Å². The molecule has 2 rings (SSSR count). The summed E-state index contributed by atoms with van der Waals surface area (Å²) in [5.74, 6) is 1.45. The quantitative estimate of drug-likeness (QED) is 0.842. The van der Waals surface area contributed by atoms with Crippen LogP contribution in [-0.4, -0.2) is 50.3 Å². The number of pyridine rings is 1. The van der Waals surface area contributed by atoms with Crippen molar-refractivity contribution in [1.82, 2.24) is 15.2 Å². The number of methoxy groups -OCH3 is 2. The van der Waals surface area contributed by atoms with E-state index in [-0.39, 0.29) is 0 Å². The van der Waals surface area contributed by atoms with Crippen LogP contribution in [0.25, 0.3) is 0 Å². The molecule has 100 valence electrons. The van der Waals surface area contributed by atoms with Gasteiger partial charge in [0.15, 0.2) is 11.5 Å². The van der Waals surface area contributed by atoms with Crippen LogP contribution in [0.3, 0.4) is 0 Å². The molecule has 1 unspecified atom stereocenters. The maximum Gasteiger partial charge on any atom is 0.183 e. The Labute approximate surface area is 108 Å². The number of likely N-dealkylation sites (tertiary alicyclic amines) is 1. The Balaban J connectivity index is 2.00. The maximum atomic E-state index is 5.37. The lowest BCUT2D eigenvalue weighted by Gasteiger charge is -2.15. The number of nitrogens with zero attached hydrogens (tertiary/aromatic N) is 2. The summed E-state index contributed by atoms with van der Waals surface area (Å²) in [5.41, 5.74) is 0.895. The second-order valence-electron chi connectivity index (χ2n) is 4.62. The van der Waals surface area contributed by atoms with E-state index in [1.807, 2.05) is 6.07 Å². The van der Waals surface area contributed by atoms with Crippen molar-refractivity contribution in [1.29, 1.82) is 0 Å². The van der Waals surface area contributed by atoms with E-state index in [1.165, 1.54) is 6.42 Å². The summed E-state index contributed by atoms with van der Waals surface area (Å²) in [7, 11) is 5.43. The van der Waals surface area contributed by atoms with Gasteiger partial charge >= 0.3 is 0 Å². The molecular weight excluding hydrogens is 230 g/mol. The van der Waals surface area contributed by atoms with Crippen molar-refractivity contribution >= 4 is 0 Å². The Morgan fingerprint density at radius 3 is 2.89 bits per heavy atom. The Hall–Kier alpha value is -1.33. The summed E-state index contributed by atoms with van der Waals surface area (Å²) in [6.45, 7) is 2.95. The number of likely N-dealkylation sites (N-methyl/N-ethyl adjacent to an activating group) is 1. The van der Waals surface area contributed by atoms with Crippen LogP contribution in [0.2, 0.25) is 0 Å². The van der Waals surface area contributed by atoms with Gasteiger partial charge in [-0.05, 0) is 20.0 Å². The van der Waals surface area contributed by atoms with E-state index in [4.69, 9.17) is 9.47 Å². The second-order valence-corrected chi connectivity index (χ2v) is 4.62. The molecule has 0 amide bonds. The maximum absolute atomic E-state index is 5.37. The van der Waals surface area contributed by atoms with Gasteiger partial charge in [-0.1, -0.05) is 0 Å². The van der Waals surface area contributed by atoms with Crippen LogP contribution >= 0.6 is 0 Å². The summed E-state index contributed by atoms with van der Waals surface area (Å²) in [6, 6.07) is 2.35. The highest BCUT2D eigenvalue weighted by molar-refractivity contribution is 5.42. The first-order valence-corrected chi connectivity index (χ1v) is 6.22. The molecule has 1 aliphatic heterocycles. The molecule has 5 heteroatoms. The highest BCUT2D eigenvalue weighted by Gasteiger charge is 2.19. The molecule has 1 aromatic heterocycles. The summed E-state index contributed by atoms with van der Waals surface area (Å²) in [4.78, 5) is 6.68. The summed E-state index contributed by atoms with van der Waals surface area (Å²) < 4.78 is 10.6. The molecular formula is C13H21N3O2. The minimum atomic E-state index is 0.535. The number of hydrogen-bond acceptors (Lipinski definition) is 5. The first-order chi connectivity index (χ1) is 8.74. The average molecular weight is 251 g/mol. The van der Waals surface area contributed by atoms with E-state index in [2.05, 4.69) is 22.2 Å². The molecule has 1 fully saturated rings. The first-order valence-electron chi connectivity index (χ1n) is 6.22. The third-order valence-corrected chi connectivity index (χ3v) is 3.32. The molecule has 1 aliphatic rings.